The lowest BCUT2D eigenvalue weighted by atomic mass is 10.1. The second kappa shape index (κ2) is 6.52. The number of carbonyl (C=O) groups excluding carboxylic acids is 2. The maximum atomic E-state index is 13.3. The molecular weight excluding hydrogens is 405 g/mol. The number of nitrogens with zero attached hydrogens (tertiary/aromatic N) is 5. The van der Waals surface area contributed by atoms with E-state index in [1.54, 1.807) is 6.92 Å². The smallest absolute Gasteiger partial charge is 0.268 e. The van der Waals surface area contributed by atoms with E-state index < -0.39 is 22.6 Å². The Morgan fingerprint density at radius 1 is 0.968 bits per heavy atom. The van der Waals surface area contributed by atoms with Crippen LogP contribution >= 0.6 is 0 Å². The third-order valence-corrected chi connectivity index (χ3v) is 5.11. The van der Waals surface area contributed by atoms with E-state index in [1.807, 2.05) is 0 Å². The molecule has 0 spiro atoms. The van der Waals surface area contributed by atoms with Gasteiger partial charge in [0, 0.05) is 18.3 Å². The van der Waals surface area contributed by atoms with Crippen molar-refractivity contribution in [2.24, 2.45) is 0 Å². The van der Waals surface area contributed by atoms with Crippen LogP contribution in [0.4, 0.5) is 15.8 Å². The van der Waals surface area contributed by atoms with Crippen molar-refractivity contribution in [2.45, 2.75) is 6.92 Å². The van der Waals surface area contributed by atoms with Crippen LogP contribution in [0.1, 0.15) is 26.4 Å². The number of fused-ring (bicyclic) bond motifs is 3. The molecule has 2 amide bonds. The number of hydrogen-bond donors (Lipinski definition) is 0. The number of hydrogen-bond acceptors (Lipinski definition) is 6. The highest BCUT2D eigenvalue weighted by Crippen LogP contribution is 2.35. The minimum atomic E-state index is -0.572. The van der Waals surface area contributed by atoms with Crippen LogP contribution in [0.25, 0.3) is 16.7 Å². The van der Waals surface area contributed by atoms with E-state index in [4.69, 9.17) is 0 Å². The van der Waals surface area contributed by atoms with Gasteiger partial charge in [-0.2, -0.15) is 5.10 Å². The van der Waals surface area contributed by atoms with E-state index in [2.05, 4.69) is 10.1 Å². The molecule has 2 aromatic carbocycles. The van der Waals surface area contributed by atoms with Gasteiger partial charge in [-0.05, 0) is 43.3 Å². The number of anilines is 1. The molecule has 0 saturated carbocycles. The second-order valence-electron chi connectivity index (χ2n) is 6.94. The molecule has 0 atom stereocenters. The van der Waals surface area contributed by atoms with Crippen LogP contribution < -0.4 is 4.90 Å². The van der Waals surface area contributed by atoms with Gasteiger partial charge < -0.3 is 0 Å². The molecule has 31 heavy (non-hydrogen) atoms. The van der Waals surface area contributed by atoms with Crippen LogP contribution in [0.3, 0.4) is 0 Å². The third kappa shape index (κ3) is 2.69. The molecule has 0 fully saturated rings. The zero-order valence-electron chi connectivity index (χ0n) is 15.9. The Kier molecular flexibility index (Phi) is 3.90. The number of aryl methyl sites for hydroxylation is 1. The summed E-state index contributed by atoms with van der Waals surface area (Å²) in [6.07, 6.45) is 1.31. The normalized spacial score (nSPS) is 13.2. The fraction of sp³-hybridized carbons (Fsp3) is 0.0476. The van der Waals surface area contributed by atoms with Crippen molar-refractivity contribution in [2.75, 3.05) is 4.90 Å². The van der Waals surface area contributed by atoms with Gasteiger partial charge in [0.1, 0.15) is 5.82 Å². The molecule has 0 aliphatic carbocycles. The molecule has 152 valence electrons. The number of non-ortho nitro benzene ring substituents is 1. The topological polar surface area (TPSA) is 111 Å². The van der Waals surface area contributed by atoms with Crippen molar-refractivity contribution in [3.8, 4) is 5.69 Å². The van der Waals surface area contributed by atoms with E-state index in [1.165, 1.54) is 59.4 Å². The Hall–Kier alpha value is -4.47. The molecule has 3 heterocycles. The van der Waals surface area contributed by atoms with Gasteiger partial charge in [-0.3, -0.25) is 19.7 Å². The summed E-state index contributed by atoms with van der Waals surface area (Å²) >= 11 is 0. The summed E-state index contributed by atoms with van der Waals surface area (Å²) in [6.45, 7) is 1.69. The van der Waals surface area contributed by atoms with E-state index >= 15 is 0 Å². The summed E-state index contributed by atoms with van der Waals surface area (Å²) in [5.74, 6) is -1.54. The number of nitro groups is 1. The number of pyridine rings is 1. The van der Waals surface area contributed by atoms with Gasteiger partial charge in [-0.15, -0.1) is 0 Å². The van der Waals surface area contributed by atoms with E-state index in [-0.39, 0.29) is 22.5 Å². The molecule has 1 aliphatic heterocycles. The number of aromatic nitrogens is 3. The van der Waals surface area contributed by atoms with Crippen molar-refractivity contribution in [3.63, 3.8) is 0 Å². The van der Waals surface area contributed by atoms with Crippen LogP contribution in [0.2, 0.25) is 0 Å². The van der Waals surface area contributed by atoms with Crippen LogP contribution in [-0.4, -0.2) is 31.5 Å². The molecule has 4 aromatic rings. The zero-order chi connectivity index (χ0) is 21.9. The first-order valence-electron chi connectivity index (χ1n) is 9.14. The predicted molar refractivity (Wildman–Crippen MR) is 108 cm³/mol. The Morgan fingerprint density at radius 3 is 2.26 bits per heavy atom. The summed E-state index contributed by atoms with van der Waals surface area (Å²) in [5.41, 5.74) is 1.74. The van der Waals surface area contributed by atoms with Crippen LogP contribution in [0, 0.1) is 22.9 Å². The highest BCUT2D eigenvalue weighted by atomic mass is 19.1. The number of imide groups is 1. The molecule has 5 rings (SSSR count). The van der Waals surface area contributed by atoms with E-state index in [0.717, 1.165) is 4.90 Å². The molecular formula is C21H12FN5O4. The number of halogens is 1. The number of carbonyl (C=O) groups is 2. The molecule has 0 N–H and O–H groups in total. The summed E-state index contributed by atoms with van der Waals surface area (Å²) in [6, 6.07) is 10.8. The van der Waals surface area contributed by atoms with Gasteiger partial charge in [0.15, 0.2) is 5.65 Å². The average molecular weight is 417 g/mol. The SMILES string of the molecule is Cc1nn(-c2ccc(F)cc2)c2ncc3c(c12)C(=O)N(c1ccc([N+](=O)[O-])cc1)C3=O. The van der Waals surface area contributed by atoms with Gasteiger partial charge in [-0.25, -0.2) is 19.0 Å². The molecule has 0 bridgehead atoms. The lowest BCUT2D eigenvalue weighted by Gasteiger charge is -2.13. The van der Waals surface area contributed by atoms with Crippen molar-refractivity contribution in [3.05, 3.63) is 87.5 Å². The summed E-state index contributed by atoms with van der Waals surface area (Å²) in [7, 11) is 0. The lowest BCUT2D eigenvalue weighted by Crippen LogP contribution is -2.29. The molecule has 0 radical (unpaired) electrons. The monoisotopic (exact) mass is 417 g/mol. The molecule has 10 heteroatoms. The number of rotatable bonds is 3. The first-order valence-corrected chi connectivity index (χ1v) is 9.14. The Morgan fingerprint density at radius 2 is 1.61 bits per heavy atom. The highest BCUT2D eigenvalue weighted by molar-refractivity contribution is 6.37. The maximum absolute atomic E-state index is 13.3. The Bertz CT molecular complexity index is 1410. The van der Waals surface area contributed by atoms with Crippen molar-refractivity contribution < 1.29 is 18.9 Å². The summed E-state index contributed by atoms with van der Waals surface area (Å²) in [5, 5.41) is 15.7. The van der Waals surface area contributed by atoms with Gasteiger partial charge in [0.2, 0.25) is 0 Å². The first kappa shape index (κ1) is 18.6. The fourth-order valence-electron chi connectivity index (χ4n) is 3.68. The van der Waals surface area contributed by atoms with Crippen LogP contribution in [0.15, 0.2) is 54.7 Å². The molecule has 9 nitrogen and oxygen atoms in total. The molecule has 0 unspecified atom stereocenters. The molecule has 1 aliphatic rings. The summed E-state index contributed by atoms with van der Waals surface area (Å²) < 4.78 is 14.8. The third-order valence-electron chi connectivity index (χ3n) is 5.11. The maximum Gasteiger partial charge on any atom is 0.269 e. The van der Waals surface area contributed by atoms with Crippen LogP contribution in [-0.2, 0) is 0 Å². The molecule has 0 saturated heterocycles. The summed E-state index contributed by atoms with van der Waals surface area (Å²) in [4.78, 5) is 41.8. The Balaban J connectivity index is 1.65. The van der Waals surface area contributed by atoms with Crippen molar-refractivity contribution >= 4 is 34.2 Å². The standard InChI is InChI=1S/C21H12FN5O4/c1-11-17-18-16(10-23-19(17)26(24-11)14-4-2-12(22)3-5-14)20(28)25(21(18)29)13-6-8-15(9-7-13)27(30)31/h2-10H,1H3. The van der Waals surface area contributed by atoms with Crippen LogP contribution in [0.5, 0.6) is 0 Å². The molecule has 2 aromatic heterocycles. The first-order chi connectivity index (χ1) is 14.9. The zero-order valence-corrected chi connectivity index (χ0v) is 15.9. The van der Waals surface area contributed by atoms with Gasteiger partial charge in [-0.1, -0.05) is 0 Å². The second-order valence-corrected chi connectivity index (χ2v) is 6.94. The largest absolute Gasteiger partial charge is 0.269 e. The quantitative estimate of drug-likeness (QED) is 0.286. The minimum Gasteiger partial charge on any atom is -0.268 e. The Labute approximate surface area is 173 Å². The van der Waals surface area contributed by atoms with Gasteiger partial charge in [0.25, 0.3) is 17.5 Å². The predicted octanol–water partition coefficient (Wildman–Crippen LogP) is 3.58. The van der Waals surface area contributed by atoms with E-state index in [9.17, 15) is 24.1 Å². The highest BCUT2D eigenvalue weighted by Gasteiger charge is 2.40. The van der Waals surface area contributed by atoms with Gasteiger partial charge >= 0.3 is 0 Å². The fourth-order valence-corrected chi connectivity index (χ4v) is 3.68. The minimum absolute atomic E-state index is 0.123. The van der Waals surface area contributed by atoms with E-state index in [0.29, 0.717) is 22.4 Å². The van der Waals surface area contributed by atoms with Crippen molar-refractivity contribution in [1.29, 1.82) is 0 Å². The van der Waals surface area contributed by atoms with Gasteiger partial charge in [0.05, 0.1) is 38.5 Å². The number of benzene rings is 2. The number of nitro benzene ring substituents is 1. The number of amides is 2. The van der Waals surface area contributed by atoms with Crippen molar-refractivity contribution in [1.82, 2.24) is 14.8 Å². The average Bonchev–Trinajstić information content (AvgIpc) is 3.23. The lowest BCUT2D eigenvalue weighted by molar-refractivity contribution is -0.384.